The van der Waals surface area contributed by atoms with E-state index in [4.69, 9.17) is 10.6 Å². The third-order valence-corrected chi connectivity index (χ3v) is 8.46. The van der Waals surface area contributed by atoms with E-state index in [9.17, 15) is 29.4 Å². The smallest absolute Gasteiger partial charge is 0.352 e. The topological polar surface area (TPSA) is 228 Å². The molecule has 0 spiro atoms. The Balaban J connectivity index is 1.52. The van der Waals surface area contributed by atoms with Crippen molar-refractivity contribution < 1.29 is 34.2 Å². The van der Waals surface area contributed by atoms with Gasteiger partial charge in [-0.1, -0.05) is 16.9 Å². The Morgan fingerprint density at radius 1 is 1.37 bits per heavy atom. The number of aliphatic carboxylic acids is 2. The zero-order valence-electron chi connectivity index (χ0n) is 20.0. The number of hydrogen-bond acceptors (Lipinski definition) is 14. The third kappa shape index (κ3) is 5.29. The number of oxime groups is 1. The molecule has 2 aromatic rings. The number of carbonyl (C=O) groups excluding carboxylic acids is 2. The van der Waals surface area contributed by atoms with Crippen molar-refractivity contribution in [2.24, 2.45) is 12.2 Å². The van der Waals surface area contributed by atoms with Crippen LogP contribution in [0.5, 0.6) is 0 Å². The molecule has 2 atom stereocenters. The number of thiazole rings is 1. The fourth-order valence-corrected chi connectivity index (χ4v) is 6.18. The maximum absolute atomic E-state index is 13.1. The standard InChI is InChI=1S/C19H21N9O7S3/c1-19(2,16(33)34)35-24-9(8-6-37-17(20)21-8)12(29)22-10-13(30)28-11(15(31)32)7(4-36-14(10)28)5-38-18-23-25-26-27(18)3/h6,10,14H,4-5H2,1-3H3,(H2,20,21)(H,22,29)(H,31,32)(H,33,34)/t10-,14-/m1/s1. The Morgan fingerprint density at radius 3 is 2.68 bits per heavy atom. The lowest BCUT2D eigenvalue weighted by molar-refractivity contribution is -0.161. The van der Waals surface area contributed by atoms with E-state index < -0.39 is 40.8 Å². The molecule has 1 saturated heterocycles. The minimum atomic E-state index is -1.76. The Kier molecular flexibility index (Phi) is 7.61. The van der Waals surface area contributed by atoms with Gasteiger partial charge in [-0.2, -0.15) is 0 Å². The van der Waals surface area contributed by atoms with Crippen molar-refractivity contribution in [3.63, 3.8) is 0 Å². The van der Waals surface area contributed by atoms with Crippen LogP contribution in [-0.4, -0.2) is 98.3 Å². The van der Waals surface area contributed by atoms with Gasteiger partial charge in [0, 0.05) is 23.9 Å². The van der Waals surface area contributed by atoms with Gasteiger partial charge in [0.2, 0.25) is 10.8 Å². The van der Waals surface area contributed by atoms with Gasteiger partial charge in [-0.15, -0.1) is 28.2 Å². The van der Waals surface area contributed by atoms with Gasteiger partial charge in [-0.3, -0.25) is 14.5 Å². The number of amides is 2. The number of nitrogens with one attached hydrogen (secondary N) is 1. The molecule has 0 aliphatic carbocycles. The van der Waals surface area contributed by atoms with Crippen LogP contribution in [0.2, 0.25) is 0 Å². The van der Waals surface area contributed by atoms with Crippen LogP contribution in [0.25, 0.3) is 0 Å². The number of thioether (sulfide) groups is 2. The zero-order valence-corrected chi connectivity index (χ0v) is 22.5. The number of nitrogen functional groups attached to an aromatic ring is 1. The molecule has 16 nitrogen and oxygen atoms in total. The molecule has 0 radical (unpaired) electrons. The molecule has 2 aliphatic heterocycles. The number of aromatic nitrogens is 5. The number of hydrogen-bond donors (Lipinski definition) is 4. The number of carbonyl (C=O) groups is 4. The van der Waals surface area contributed by atoms with Gasteiger partial charge in [0.05, 0.1) is 0 Å². The van der Waals surface area contributed by atoms with E-state index in [1.807, 2.05) is 0 Å². The average molecular weight is 584 g/mol. The molecule has 0 saturated carbocycles. The number of carboxylic acid groups (broad SMARTS) is 2. The molecule has 19 heteroatoms. The first-order valence-corrected chi connectivity index (χ1v) is 13.6. The van der Waals surface area contributed by atoms with Crippen LogP contribution in [0.1, 0.15) is 19.5 Å². The van der Waals surface area contributed by atoms with Gasteiger partial charge in [0.1, 0.15) is 22.8 Å². The molecule has 4 rings (SSSR count). The molecule has 4 heterocycles. The zero-order chi connectivity index (χ0) is 27.8. The van der Waals surface area contributed by atoms with E-state index >= 15 is 0 Å². The van der Waals surface area contributed by atoms with E-state index in [1.54, 1.807) is 7.05 Å². The van der Waals surface area contributed by atoms with E-state index in [1.165, 1.54) is 47.4 Å². The summed E-state index contributed by atoms with van der Waals surface area (Å²) in [5.41, 5.74) is 3.90. The lowest BCUT2D eigenvalue weighted by Crippen LogP contribution is -2.71. The van der Waals surface area contributed by atoms with Crippen LogP contribution < -0.4 is 11.1 Å². The number of anilines is 1. The molecular weight excluding hydrogens is 562 g/mol. The predicted molar refractivity (Wildman–Crippen MR) is 135 cm³/mol. The van der Waals surface area contributed by atoms with Gasteiger partial charge >= 0.3 is 11.9 Å². The second-order valence-electron chi connectivity index (χ2n) is 8.41. The Hall–Kier alpha value is -3.71. The van der Waals surface area contributed by atoms with Crippen molar-refractivity contribution in [2.45, 2.75) is 36.0 Å². The van der Waals surface area contributed by atoms with Gasteiger partial charge in [-0.25, -0.2) is 19.3 Å². The normalized spacial score (nSPS) is 19.6. The molecule has 2 aromatic heterocycles. The van der Waals surface area contributed by atoms with E-state index in [2.05, 4.69) is 31.0 Å². The first-order chi connectivity index (χ1) is 17.9. The quantitative estimate of drug-likeness (QED) is 0.118. The monoisotopic (exact) mass is 583 g/mol. The molecule has 202 valence electrons. The summed E-state index contributed by atoms with van der Waals surface area (Å²) >= 11 is 3.54. The largest absolute Gasteiger partial charge is 0.478 e. The number of β-lactam (4-membered cyclic amide) rings is 1. The summed E-state index contributed by atoms with van der Waals surface area (Å²) in [5, 5.41) is 37.9. The summed E-state index contributed by atoms with van der Waals surface area (Å²) in [6.45, 7) is 2.48. The SMILES string of the molecule is Cn1nnnc1SCC1=C(C(=O)O)N2C(=O)[C@@H](NC(=O)C(=NOC(C)(C)C(=O)O)c3csc(N)n3)[C@H]2SC1. The number of carboxylic acids is 2. The lowest BCUT2D eigenvalue weighted by Gasteiger charge is -2.49. The molecule has 0 unspecified atom stereocenters. The van der Waals surface area contributed by atoms with Crippen LogP contribution in [0.15, 0.2) is 27.0 Å². The molecule has 2 aliphatic rings. The van der Waals surface area contributed by atoms with Crippen molar-refractivity contribution in [3.8, 4) is 0 Å². The average Bonchev–Trinajstić information content (AvgIpc) is 3.47. The first kappa shape index (κ1) is 27.3. The van der Waals surface area contributed by atoms with Gasteiger partial charge in [0.25, 0.3) is 11.8 Å². The number of nitrogens with zero attached hydrogens (tertiary/aromatic N) is 7. The highest BCUT2D eigenvalue weighted by Gasteiger charge is 2.54. The molecule has 0 bridgehead atoms. The fourth-order valence-electron chi connectivity index (χ4n) is 3.30. The van der Waals surface area contributed by atoms with Crippen LogP contribution in [0.3, 0.4) is 0 Å². The number of nitrogens with two attached hydrogens (primary N) is 1. The molecule has 5 N–H and O–H groups in total. The minimum absolute atomic E-state index is 0.0230. The van der Waals surface area contributed by atoms with Gasteiger partial charge in [-0.05, 0) is 29.8 Å². The maximum Gasteiger partial charge on any atom is 0.352 e. The molecule has 38 heavy (non-hydrogen) atoms. The van der Waals surface area contributed by atoms with Crippen molar-refractivity contribution in [2.75, 3.05) is 17.2 Å². The summed E-state index contributed by atoms with van der Waals surface area (Å²) in [7, 11) is 1.65. The minimum Gasteiger partial charge on any atom is -0.478 e. The molecule has 1 fully saturated rings. The number of fused-ring (bicyclic) bond motifs is 1. The van der Waals surface area contributed by atoms with Crippen molar-refractivity contribution in [1.29, 1.82) is 0 Å². The number of aryl methyl sites for hydroxylation is 1. The molecule has 2 amide bonds. The first-order valence-electron chi connectivity index (χ1n) is 10.7. The van der Waals surface area contributed by atoms with E-state index in [-0.39, 0.29) is 28.0 Å². The third-order valence-electron chi connectivity index (χ3n) is 5.35. The van der Waals surface area contributed by atoms with Crippen LogP contribution in [0, 0.1) is 0 Å². The van der Waals surface area contributed by atoms with Crippen molar-refractivity contribution >= 4 is 69.5 Å². The Morgan fingerprint density at radius 2 is 2.11 bits per heavy atom. The van der Waals surface area contributed by atoms with Crippen LogP contribution in [-0.2, 0) is 31.1 Å². The molecular formula is C19H21N9O7S3. The second-order valence-corrected chi connectivity index (χ2v) is 11.3. The summed E-state index contributed by atoms with van der Waals surface area (Å²) in [6, 6.07) is -1.06. The van der Waals surface area contributed by atoms with Gasteiger partial charge in [0.15, 0.2) is 10.8 Å². The summed E-state index contributed by atoms with van der Waals surface area (Å²) < 4.78 is 1.45. The van der Waals surface area contributed by atoms with Crippen LogP contribution in [0.4, 0.5) is 5.13 Å². The van der Waals surface area contributed by atoms with E-state index in [0.717, 1.165) is 16.2 Å². The Labute approximate surface area is 226 Å². The Bertz CT molecular complexity index is 1370. The van der Waals surface area contributed by atoms with Gasteiger partial charge < -0.3 is 26.1 Å². The van der Waals surface area contributed by atoms with E-state index in [0.29, 0.717) is 16.5 Å². The lowest BCUT2D eigenvalue weighted by atomic mass is 10.0. The molecule has 0 aromatic carbocycles. The summed E-state index contributed by atoms with van der Waals surface area (Å²) in [5.74, 6) is -3.55. The summed E-state index contributed by atoms with van der Waals surface area (Å²) in [6.07, 6.45) is 0. The number of rotatable bonds is 10. The van der Waals surface area contributed by atoms with Crippen LogP contribution >= 0.6 is 34.9 Å². The highest BCUT2D eigenvalue weighted by atomic mass is 32.2. The second kappa shape index (κ2) is 10.6. The highest BCUT2D eigenvalue weighted by molar-refractivity contribution is 8.01. The van der Waals surface area contributed by atoms with Crippen molar-refractivity contribution in [3.05, 3.63) is 22.3 Å². The summed E-state index contributed by atoms with van der Waals surface area (Å²) in [4.78, 5) is 59.8. The highest BCUT2D eigenvalue weighted by Crippen LogP contribution is 2.41. The fraction of sp³-hybridized carbons (Fsp3) is 0.421. The predicted octanol–water partition coefficient (Wildman–Crippen LogP) is -0.636. The van der Waals surface area contributed by atoms with Crippen molar-refractivity contribution in [1.82, 2.24) is 35.4 Å². The number of tetrazole rings is 1. The maximum atomic E-state index is 13.1.